The minimum atomic E-state index is 0.755. The Hall–Kier alpha value is -0.380. The topological polar surface area (TPSA) is 38.0 Å². The Morgan fingerprint density at radius 2 is 2.21 bits per heavy atom. The van der Waals surface area contributed by atoms with Gasteiger partial charge in [0.25, 0.3) is 0 Å². The Balaban J connectivity index is 2.39. The van der Waals surface area contributed by atoms with Crippen LogP contribution in [0.4, 0.5) is 0 Å². The van der Waals surface area contributed by atoms with Crippen LogP contribution in [0.15, 0.2) is 22.7 Å². The number of nitrogens with one attached hydrogen (secondary N) is 1. The number of hydrogen-bond donors (Lipinski definition) is 2. The van der Waals surface area contributed by atoms with E-state index in [0.29, 0.717) is 0 Å². The van der Waals surface area contributed by atoms with Crippen molar-refractivity contribution in [3.63, 3.8) is 0 Å². The monoisotopic (exact) mass is 256 g/mol. The van der Waals surface area contributed by atoms with E-state index < -0.39 is 0 Å². The maximum atomic E-state index is 5.40. The normalized spacial score (nSPS) is 10.5. The molecule has 0 aliphatic heterocycles. The van der Waals surface area contributed by atoms with Crippen LogP contribution in [-0.4, -0.2) is 13.1 Å². The summed E-state index contributed by atoms with van der Waals surface area (Å²) in [5, 5.41) is 3.35. The third-order valence-corrected chi connectivity index (χ3v) is 2.98. The zero-order valence-corrected chi connectivity index (χ0v) is 10.1. The molecule has 0 aliphatic rings. The van der Waals surface area contributed by atoms with Gasteiger partial charge in [-0.3, -0.25) is 0 Å². The van der Waals surface area contributed by atoms with E-state index in [1.807, 2.05) is 0 Å². The number of aryl methyl sites for hydroxylation is 1. The first kappa shape index (κ1) is 11.7. The van der Waals surface area contributed by atoms with E-state index in [1.54, 1.807) is 0 Å². The fourth-order valence-corrected chi connectivity index (χ4v) is 1.63. The minimum absolute atomic E-state index is 0.755. The molecule has 1 aromatic carbocycles. The molecule has 1 rings (SSSR count). The summed E-state index contributed by atoms with van der Waals surface area (Å²) >= 11 is 3.52. The molecule has 0 amide bonds. The zero-order valence-electron chi connectivity index (χ0n) is 8.52. The predicted molar refractivity (Wildman–Crippen MR) is 64.3 cm³/mol. The Kier molecular flexibility index (Phi) is 5.15. The summed E-state index contributed by atoms with van der Waals surface area (Å²) in [6.07, 6.45) is 1.03. The summed E-state index contributed by atoms with van der Waals surface area (Å²) in [5.74, 6) is 0. The molecular weight excluding hydrogens is 240 g/mol. The molecule has 14 heavy (non-hydrogen) atoms. The molecular formula is C11H17BrN2. The van der Waals surface area contributed by atoms with Crippen LogP contribution in [-0.2, 0) is 6.54 Å². The summed E-state index contributed by atoms with van der Waals surface area (Å²) < 4.78 is 1.18. The Labute approximate surface area is 94.0 Å². The first-order valence-corrected chi connectivity index (χ1v) is 5.69. The molecule has 0 saturated carbocycles. The molecule has 0 spiro atoms. The third kappa shape index (κ3) is 3.78. The largest absolute Gasteiger partial charge is 0.330 e. The van der Waals surface area contributed by atoms with Crippen LogP contribution in [0.2, 0.25) is 0 Å². The highest BCUT2D eigenvalue weighted by Gasteiger charge is 1.96. The number of nitrogens with two attached hydrogens (primary N) is 1. The highest BCUT2D eigenvalue weighted by Crippen LogP contribution is 2.17. The van der Waals surface area contributed by atoms with Crippen molar-refractivity contribution >= 4 is 15.9 Å². The summed E-state index contributed by atoms with van der Waals surface area (Å²) in [4.78, 5) is 0. The molecule has 0 heterocycles. The van der Waals surface area contributed by atoms with Gasteiger partial charge in [0.1, 0.15) is 0 Å². The van der Waals surface area contributed by atoms with Crippen molar-refractivity contribution in [1.29, 1.82) is 0 Å². The maximum Gasteiger partial charge on any atom is 0.0207 e. The van der Waals surface area contributed by atoms with Gasteiger partial charge >= 0.3 is 0 Å². The van der Waals surface area contributed by atoms with E-state index in [1.165, 1.54) is 15.6 Å². The number of rotatable bonds is 5. The van der Waals surface area contributed by atoms with Crippen molar-refractivity contribution in [3.05, 3.63) is 33.8 Å². The van der Waals surface area contributed by atoms with Crippen molar-refractivity contribution < 1.29 is 0 Å². The molecule has 3 heteroatoms. The second-order valence-electron chi connectivity index (χ2n) is 3.40. The lowest BCUT2D eigenvalue weighted by Crippen LogP contribution is -2.17. The summed E-state index contributed by atoms with van der Waals surface area (Å²) in [6.45, 7) is 4.75. The van der Waals surface area contributed by atoms with E-state index in [4.69, 9.17) is 5.73 Å². The Morgan fingerprint density at radius 3 is 2.86 bits per heavy atom. The standard InChI is InChI=1S/C11H17BrN2/c1-9-3-4-10(7-11(9)12)8-14-6-2-5-13/h3-4,7,14H,2,5-6,8,13H2,1H3. The van der Waals surface area contributed by atoms with Gasteiger partial charge in [0.2, 0.25) is 0 Å². The van der Waals surface area contributed by atoms with Crippen LogP contribution in [0.3, 0.4) is 0 Å². The highest BCUT2D eigenvalue weighted by molar-refractivity contribution is 9.10. The van der Waals surface area contributed by atoms with Gasteiger partial charge in [-0.05, 0) is 43.6 Å². The minimum Gasteiger partial charge on any atom is -0.330 e. The van der Waals surface area contributed by atoms with Crippen molar-refractivity contribution in [2.45, 2.75) is 19.9 Å². The molecule has 1 aromatic rings. The first-order chi connectivity index (χ1) is 6.74. The van der Waals surface area contributed by atoms with E-state index in [2.05, 4.69) is 46.4 Å². The van der Waals surface area contributed by atoms with E-state index in [0.717, 1.165) is 26.1 Å². The quantitative estimate of drug-likeness (QED) is 0.793. The van der Waals surface area contributed by atoms with E-state index >= 15 is 0 Å². The van der Waals surface area contributed by atoms with Crippen LogP contribution < -0.4 is 11.1 Å². The fraction of sp³-hybridized carbons (Fsp3) is 0.455. The molecule has 3 N–H and O–H groups in total. The summed E-state index contributed by atoms with van der Waals surface area (Å²) in [5.41, 5.74) is 7.98. The lowest BCUT2D eigenvalue weighted by Gasteiger charge is -2.05. The van der Waals surface area contributed by atoms with Gasteiger partial charge in [-0.2, -0.15) is 0 Å². The van der Waals surface area contributed by atoms with Crippen LogP contribution in [0.5, 0.6) is 0 Å². The smallest absolute Gasteiger partial charge is 0.0207 e. The average molecular weight is 257 g/mol. The molecule has 0 radical (unpaired) electrons. The lowest BCUT2D eigenvalue weighted by molar-refractivity contribution is 0.655. The van der Waals surface area contributed by atoms with Gasteiger partial charge in [-0.15, -0.1) is 0 Å². The first-order valence-electron chi connectivity index (χ1n) is 4.90. The molecule has 0 saturated heterocycles. The molecule has 0 aliphatic carbocycles. The number of halogens is 1. The van der Waals surface area contributed by atoms with Crippen molar-refractivity contribution in [3.8, 4) is 0 Å². The van der Waals surface area contributed by atoms with Crippen LogP contribution in [0.1, 0.15) is 17.5 Å². The SMILES string of the molecule is Cc1ccc(CNCCCN)cc1Br. The van der Waals surface area contributed by atoms with Crippen molar-refractivity contribution in [1.82, 2.24) is 5.32 Å². The molecule has 2 nitrogen and oxygen atoms in total. The summed E-state index contributed by atoms with van der Waals surface area (Å²) in [6, 6.07) is 6.43. The molecule has 0 fully saturated rings. The predicted octanol–water partition coefficient (Wildman–Crippen LogP) is 2.20. The zero-order chi connectivity index (χ0) is 10.4. The van der Waals surface area contributed by atoms with Crippen molar-refractivity contribution in [2.24, 2.45) is 5.73 Å². The van der Waals surface area contributed by atoms with Gasteiger partial charge in [0, 0.05) is 11.0 Å². The Bertz CT molecular complexity index is 287. The molecule has 78 valence electrons. The van der Waals surface area contributed by atoms with Crippen LogP contribution >= 0.6 is 15.9 Å². The van der Waals surface area contributed by atoms with Crippen LogP contribution in [0, 0.1) is 6.92 Å². The lowest BCUT2D eigenvalue weighted by atomic mass is 10.1. The van der Waals surface area contributed by atoms with Crippen LogP contribution in [0.25, 0.3) is 0 Å². The molecule has 0 bridgehead atoms. The fourth-order valence-electron chi connectivity index (χ4n) is 1.21. The van der Waals surface area contributed by atoms with E-state index in [-0.39, 0.29) is 0 Å². The number of benzene rings is 1. The maximum absolute atomic E-state index is 5.40. The second kappa shape index (κ2) is 6.17. The van der Waals surface area contributed by atoms with Gasteiger partial charge in [0.05, 0.1) is 0 Å². The highest BCUT2D eigenvalue weighted by atomic mass is 79.9. The van der Waals surface area contributed by atoms with Crippen molar-refractivity contribution in [2.75, 3.05) is 13.1 Å². The second-order valence-corrected chi connectivity index (χ2v) is 4.26. The molecule has 0 aromatic heterocycles. The van der Waals surface area contributed by atoms with Gasteiger partial charge < -0.3 is 11.1 Å². The van der Waals surface area contributed by atoms with Gasteiger partial charge in [-0.1, -0.05) is 28.1 Å². The van der Waals surface area contributed by atoms with Gasteiger partial charge in [0.15, 0.2) is 0 Å². The molecule has 0 atom stereocenters. The Morgan fingerprint density at radius 1 is 1.43 bits per heavy atom. The van der Waals surface area contributed by atoms with E-state index in [9.17, 15) is 0 Å². The average Bonchev–Trinajstić information content (AvgIpc) is 2.18. The molecule has 0 unspecified atom stereocenters. The third-order valence-electron chi connectivity index (χ3n) is 2.12. The number of hydrogen-bond acceptors (Lipinski definition) is 2. The summed E-state index contributed by atoms with van der Waals surface area (Å²) in [7, 11) is 0. The van der Waals surface area contributed by atoms with Gasteiger partial charge in [-0.25, -0.2) is 0 Å².